The summed E-state index contributed by atoms with van der Waals surface area (Å²) in [5.74, 6) is 2.73. The van der Waals surface area contributed by atoms with Crippen molar-refractivity contribution >= 4 is 29.3 Å². The van der Waals surface area contributed by atoms with Crippen LogP contribution < -0.4 is 15.5 Å². The number of hydrogen-bond acceptors (Lipinski definition) is 4. The molecule has 1 aromatic carbocycles. The summed E-state index contributed by atoms with van der Waals surface area (Å²) in [5.41, 5.74) is 2.33. The fraction of sp³-hybridized carbons (Fsp3) is 0.619. The first kappa shape index (κ1) is 20.1. The highest BCUT2D eigenvalue weighted by Crippen LogP contribution is 2.26. The van der Waals surface area contributed by atoms with Gasteiger partial charge >= 0.3 is 0 Å². The second-order valence-electron chi connectivity index (χ2n) is 7.53. The van der Waals surface area contributed by atoms with Gasteiger partial charge in [-0.1, -0.05) is 31.4 Å². The third kappa shape index (κ3) is 6.76. The van der Waals surface area contributed by atoms with Crippen molar-refractivity contribution in [2.24, 2.45) is 5.92 Å². The average molecular weight is 390 g/mol. The lowest BCUT2D eigenvalue weighted by atomic mass is 9.87. The zero-order chi connectivity index (χ0) is 18.9. The highest BCUT2D eigenvalue weighted by atomic mass is 32.2. The van der Waals surface area contributed by atoms with Gasteiger partial charge in [-0.15, -0.1) is 0 Å². The molecule has 0 atom stereocenters. The Balaban J connectivity index is 1.34. The largest absolute Gasteiger partial charge is 0.370 e. The second-order valence-corrected chi connectivity index (χ2v) is 8.75. The van der Waals surface area contributed by atoms with Gasteiger partial charge in [-0.25, -0.2) is 0 Å². The van der Waals surface area contributed by atoms with E-state index in [0.717, 1.165) is 31.5 Å². The van der Waals surface area contributed by atoms with E-state index in [1.54, 1.807) is 0 Å². The third-order valence-corrected chi connectivity index (χ3v) is 6.39. The van der Waals surface area contributed by atoms with Crippen molar-refractivity contribution in [3.05, 3.63) is 29.8 Å². The highest BCUT2D eigenvalue weighted by molar-refractivity contribution is 7.99. The molecule has 2 aliphatic rings. The number of carbonyl (C=O) groups is 2. The van der Waals surface area contributed by atoms with Crippen LogP contribution in [-0.2, 0) is 16.1 Å². The van der Waals surface area contributed by atoms with E-state index < -0.39 is 0 Å². The van der Waals surface area contributed by atoms with Crippen LogP contribution in [-0.4, -0.2) is 43.0 Å². The van der Waals surface area contributed by atoms with Crippen molar-refractivity contribution in [1.82, 2.24) is 10.6 Å². The molecule has 1 saturated carbocycles. The first-order valence-electron chi connectivity index (χ1n) is 10.2. The Morgan fingerprint density at radius 3 is 2.37 bits per heavy atom. The molecule has 0 spiro atoms. The van der Waals surface area contributed by atoms with E-state index in [1.165, 1.54) is 36.5 Å². The molecule has 2 amide bonds. The molecule has 148 valence electrons. The standard InChI is InChI=1S/C21H31N3O2S/c25-20(14-17-4-2-1-3-5-17)23-16-21(26)22-15-18-6-8-19(9-7-18)24-10-12-27-13-11-24/h6-9,17H,1-5,10-16H2,(H,22,26)(H,23,25). The molecule has 6 heteroatoms. The molecule has 27 heavy (non-hydrogen) atoms. The molecule has 1 aliphatic heterocycles. The Labute approximate surface area is 166 Å². The summed E-state index contributed by atoms with van der Waals surface area (Å²) in [5, 5.41) is 5.64. The van der Waals surface area contributed by atoms with Crippen LogP contribution in [0.3, 0.4) is 0 Å². The lowest BCUT2D eigenvalue weighted by molar-refractivity contribution is -0.126. The minimum Gasteiger partial charge on any atom is -0.370 e. The molecular formula is C21H31N3O2S. The van der Waals surface area contributed by atoms with Gasteiger partial charge in [0.05, 0.1) is 6.54 Å². The SMILES string of the molecule is O=C(CNC(=O)CC1CCCCC1)NCc1ccc(N2CCSCC2)cc1. The van der Waals surface area contributed by atoms with E-state index in [4.69, 9.17) is 0 Å². The van der Waals surface area contributed by atoms with E-state index in [2.05, 4.69) is 39.8 Å². The monoisotopic (exact) mass is 389 g/mol. The van der Waals surface area contributed by atoms with Crippen LogP contribution in [0, 0.1) is 5.92 Å². The van der Waals surface area contributed by atoms with Gasteiger partial charge in [-0.3, -0.25) is 9.59 Å². The van der Waals surface area contributed by atoms with E-state index in [0.29, 0.717) is 18.9 Å². The Bertz CT molecular complexity index is 608. The summed E-state index contributed by atoms with van der Waals surface area (Å²) in [6.07, 6.45) is 6.60. The second kappa shape index (κ2) is 10.6. The van der Waals surface area contributed by atoms with Crippen molar-refractivity contribution < 1.29 is 9.59 Å². The normalized spacial score (nSPS) is 18.1. The van der Waals surface area contributed by atoms with Gasteiger partial charge in [0.15, 0.2) is 0 Å². The van der Waals surface area contributed by atoms with E-state index in [9.17, 15) is 9.59 Å². The lowest BCUT2D eigenvalue weighted by Crippen LogP contribution is -2.37. The smallest absolute Gasteiger partial charge is 0.239 e. The number of carbonyl (C=O) groups excluding carboxylic acids is 2. The summed E-state index contributed by atoms with van der Waals surface area (Å²) in [6, 6.07) is 8.39. The quantitative estimate of drug-likeness (QED) is 0.753. The molecule has 1 aliphatic carbocycles. The summed E-state index contributed by atoms with van der Waals surface area (Å²) in [4.78, 5) is 26.4. The third-order valence-electron chi connectivity index (χ3n) is 5.45. The molecule has 2 fully saturated rings. The minimum atomic E-state index is -0.135. The van der Waals surface area contributed by atoms with E-state index >= 15 is 0 Å². The minimum absolute atomic E-state index is 0.00102. The van der Waals surface area contributed by atoms with Crippen LogP contribution in [0.5, 0.6) is 0 Å². The van der Waals surface area contributed by atoms with Crippen molar-refractivity contribution in [2.75, 3.05) is 36.0 Å². The topological polar surface area (TPSA) is 61.4 Å². The Morgan fingerprint density at radius 2 is 1.67 bits per heavy atom. The van der Waals surface area contributed by atoms with Crippen LogP contribution in [0.25, 0.3) is 0 Å². The lowest BCUT2D eigenvalue weighted by Gasteiger charge is -2.28. The van der Waals surface area contributed by atoms with Gasteiger partial charge < -0.3 is 15.5 Å². The summed E-state index contributed by atoms with van der Waals surface area (Å²) in [6.45, 7) is 2.76. The first-order valence-corrected chi connectivity index (χ1v) is 11.3. The fourth-order valence-electron chi connectivity index (χ4n) is 3.81. The Hall–Kier alpha value is -1.69. The summed E-state index contributed by atoms with van der Waals surface area (Å²) >= 11 is 2.00. The van der Waals surface area contributed by atoms with Crippen LogP contribution in [0.4, 0.5) is 5.69 Å². The van der Waals surface area contributed by atoms with Crippen LogP contribution in [0.2, 0.25) is 0 Å². The number of amides is 2. The number of hydrogen-bond donors (Lipinski definition) is 2. The predicted molar refractivity (Wildman–Crippen MR) is 112 cm³/mol. The number of rotatable bonds is 7. The summed E-state index contributed by atoms with van der Waals surface area (Å²) in [7, 11) is 0. The highest BCUT2D eigenvalue weighted by Gasteiger charge is 2.17. The maximum Gasteiger partial charge on any atom is 0.239 e. The average Bonchev–Trinajstić information content (AvgIpc) is 2.72. The number of anilines is 1. The molecule has 1 saturated heterocycles. The van der Waals surface area contributed by atoms with Gasteiger partial charge in [-0.05, 0) is 36.5 Å². The Kier molecular flexibility index (Phi) is 7.87. The maximum absolute atomic E-state index is 12.0. The van der Waals surface area contributed by atoms with Gasteiger partial charge in [0.25, 0.3) is 0 Å². The first-order chi connectivity index (χ1) is 13.2. The van der Waals surface area contributed by atoms with E-state index in [1.807, 2.05) is 11.8 Å². The van der Waals surface area contributed by atoms with Crippen molar-refractivity contribution in [3.63, 3.8) is 0 Å². The van der Waals surface area contributed by atoms with Gasteiger partial charge in [0.2, 0.25) is 11.8 Å². The molecule has 1 aromatic rings. The molecule has 3 rings (SSSR count). The van der Waals surface area contributed by atoms with Gasteiger partial charge in [0.1, 0.15) is 0 Å². The number of benzene rings is 1. The molecular weight excluding hydrogens is 358 g/mol. The molecule has 0 bridgehead atoms. The number of nitrogens with one attached hydrogen (secondary N) is 2. The molecule has 0 radical (unpaired) electrons. The molecule has 0 aromatic heterocycles. The predicted octanol–water partition coefficient (Wildman–Crippen LogP) is 2.94. The van der Waals surface area contributed by atoms with Crippen molar-refractivity contribution in [2.45, 2.75) is 45.1 Å². The molecule has 2 N–H and O–H groups in total. The van der Waals surface area contributed by atoms with Crippen molar-refractivity contribution in [3.8, 4) is 0 Å². The number of nitrogens with zero attached hydrogens (tertiary/aromatic N) is 1. The van der Waals surface area contributed by atoms with Crippen LogP contribution in [0.15, 0.2) is 24.3 Å². The van der Waals surface area contributed by atoms with Crippen LogP contribution >= 0.6 is 11.8 Å². The van der Waals surface area contributed by atoms with Crippen molar-refractivity contribution in [1.29, 1.82) is 0 Å². The zero-order valence-electron chi connectivity index (χ0n) is 16.0. The van der Waals surface area contributed by atoms with Gasteiger partial charge in [-0.2, -0.15) is 11.8 Å². The zero-order valence-corrected chi connectivity index (χ0v) is 16.9. The maximum atomic E-state index is 12.0. The van der Waals surface area contributed by atoms with E-state index in [-0.39, 0.29) is 18.4 Å². The Morgan fingerprint density at radius 1 is 0.963 bits per heavy atom. The fourth-order valence-corrected chi connectivity index (χ4v) is 4.72. The van der Waals surface area contributed by atoms with Crippen LogP contribution in [0.1, 0.15) is 44.1 Å². The summed E-state index contributed by atoms with van der Waals surface area (Å²) < 4.78 is 0. The van der Waals surface area contributed by atoms with Gasteiger partial charge in [0, 0.05) is 43.2 Å². The molecule has 0 unspecified atom stereocenters. The molecule has 1 heterocycles. The molecule has 5 nitrogen and oxygen atoms in total. The number of thioether (sulfide) groups is 1.